The van der Waals surface area contributed by atoms with Crippen LogP contribution in [0.4, 0.5) is 0 Å². The first-order chi connectivity index (χ1) is 4.93. The van der Waals surface area contributed by atoms with Crippen LogP contribution in [-0.2, 0) is 0 Å². The van der Waals surface area contributed by atoms with E-state index in [0.717, 1.165) is 12.5 Å². The van der Waals surface area contributed by atoms with E-state index in [1.165, 1.54) is 38.5 Å². The third-order valence-corrected chi connectivity index (χ3v) is 2.31. The molecule has 2 N–H and O–H groups in total. The first-order valence-corrected chi connectivity index (χ1v) is 4.47. The molecular weight excluding hydrogens is 122 g/mol. The van der Waals surface area contributed by atoms with Gasteiger partial charge in [0.2, 0.25) is 0 Å². The van der Waals surface area contributed by atoms with Crippen molar-refractivity contribution in [2.75, 3.05) is 6.54 Å². The van der Waals surface area contributed by atoms with Gasteiger partial charge in [-0.25, -0.2) is 0 Å². The zero-order valence-electron chi connectivity index (χ0n) is 6.68. The van der Waals surface area contributed by atoms with Crippen molar-refractivity contribution in [1.82, 2.24) is 0 Å². The van der Waals surface area contributed by atoms with Crippen molar-refractivity contribution in [2.45, 2.75) is 38.5 Å². The number of nitrogens with two attached hydrogens (primary N) is 1. The third-order valence-electron chi connectivity index (χ3n) is 2.31. The van der Waals surface area contributed by atoms with Gasteiger partial charge in [0.1, 0.15) is 0 Å². The van der Waals surface area contributed by atoms with Crippen LogP contribution in [0.25, 0.3) is 0 Å². The summed E-state index contributed by atoms with van der Waals surface area (Å²) in [4.78, 5) is 0. The van der Waals surface area contributed by atoms with Crippen molar-refractivity contribution >= 4 is 0 Å². The Morgan fingerprint density at radius 3 is 2.90 bits per heavy atom. The lowest BCUT2D eigenvalue weighted by Crippen LogP contribution is -2.09. The van der Waals surface area contributed by atoms with Crippen LogP contribution in [0.15, 0.2) is 0 Å². The standard InChI is InChI=1S/C9H18N/c10-8-4-7-9-5-2-1-3-6-9/h5,9H,1-4,6-8,10H2. The van der Waals surface area contributed by atoms with E-state index in [9.17, 15) is 0 Å². The van der Waals surface area contributed by atoms with Crippen LogP contribution in [0.5, 0.6) is 0 Å². The van der Waals surface area contributed by atoms with Crippen molar-refractivity contribution in [3.63, 3.8) is 0 Å². The van der Waals surface area contributed by atoms with Crippen molar-refractivity contribution in [1.29, 1.82) is 0 Å². The average molecular weight is 140 g/mol. The Morgan fingerprint density at radius 2 is 2.30 bits per heavy atom. The largest absolute Gasteiger partial charge is 0.330 e. The van der Waals surface area contributed by atoms with Crippen molar-refractivity contribution in [3.05, 3.63) is 6.42 Å². The molecule has 1 saturated carbocycles. The second kappa shape index (κ2) is 4.73. The fourth-order valence-electron chi connectivity index (χ4n) is 1.66. The zero-order valence-corrected chi connectivity index (χ0v) is 6.68. The van der Waals surface area contributed by atoms with E-state index in [-0.39, 0.29) is 0 Å². The molecule has 1 rings (SSSR count). The molecule has 1 aliphatic carbocycles. The van der Waals surface area contributed by atoms with Crippen molar-refractivity contribution in [2.24, 2.45) is 11.7 Å². The van der Waals surface area contributed by atoms with E-state index in [1.54, 1.807) is 0 Å². The van der Waals surface area contributed by atoms with Gasteiger partial charge in [0, 0.05) is 0 Å². The Hall–Kier alpha value is -0.0400. The SMILES string of the molecule is NCCCC1[CH]CCCC1. The summed E-state index contributed by atoms with van der Waals surface area (Å²) in [7, 11) is 0. The smallest absolute Gasteiger partial charge is 0.00772 e. The topological polar surface area (TPSA) is 26.0 Å². The van der Waals surface area contributed by atoms with Crippen LogP contribution in [0.2, 0.25) is 0 Å². The van der Waals surface area contributed by atoms with Gasteiger partial charge in [-0.3, -0.25) is 0 Å². The molecule has 1 nitrogen and oxygen atoms in total. The summed E-state index contributed by atoms with van der Waals surface area (Å²) in [5, 5.41) is 0. The molecule has 59 valence electrons. The van der Waals surface area contributed by atoms with Crippen LogP contribution in [0.1, 0.15) is 38.5 Å². The van der Waals surface area contributed by atoms with Crippen LogP contribution in [0.3, 0.4) is 0 Å². The minimum absolute atomic E-state index is 0.865. The second-order valence-electron chi connectivity index (χ2n) is 3.21. The molecule has 1 atom stereocenters. The lowest BCUT2D eigenvalue weighted by molar-refractivity contribution is 0.414. The third kappa shape index (κ3) is 2.70. The highest BCUT2D eigenvalue weighted by Gasteiger charge is 2.11. The monoisotopic (exact) mass is 140 g/mol. The highest BCUT2D eigenvalue weighted by molar-refractivity contribution is 4.80. The molecule has 1 radical (unpaired) electrons. The molecule has 1 unspecified atom stereocenters. The van der Waals surface area contributed by atoms with Crippen LogP contribution in [0, 0.1) is 12.3 Å². The Bertz CT molecular complexity index is 74.8. The first kappa shape index (κ1) is 8.06. The van der Waals surface area contributed by atoms with E-state index in [4.69, 9.17) is 5.73 Å². The molecule has 0 aromatic rings. The summed E-state index contributed by atoms with van der Waals surface area (Å²) in [5.41, 5.74) is 5.43. The lowest BCUT2D eigenvalue weighted by Gasteiger charge is -2.20. The Balaban J connectivity index is 2.02. The summed E-state index contributed by atoms with van der Waals surface area (Å²) in [6.07, 6.45) is 10.6. The van der Waals surface area contributed by atoms with Gasteiger partial charge in [-0.15, -0.1) is 0 Å². The Kier molecular flexibility index (Phi) is 3.81. The number of hydrogen-bond donors (Lipinski definition) is 1. The fraction of sp³-hybridized carbons (Fsp3) is 0.889. The molecule has 0 heterocycles. The minimum Gasteiger partial charge on any atom is -0.330 e. The minimum atomic E-state index is 0.865. The van der Waals surface area contributed by atoms with Gasteiger partial charge in [-0.05, 0) is 38.1 Å². The Labute approximate surface area is 64.0 Å². The van der Waals surface area contributed by atoms with Crippen molar-refractivity contribution in [3.8, 4) is 0 Å². The Morgan fingerprint density at radius 1 is 1.40 bits per heavy atom. The van der Waals surface area contributed by atoms with E-state index in [0.29, 0.717) is 0 Å². The summed E-state index contributed by atoms with van der Waals surface area (Å²) in [6, 6.07) is 0. The molecule has 0 bridgehead atoms. The quantitative estimate of drug-likeness (QED) is 0.638. The average Bonchev–Trinajstić information content (AvgIpc) is 2.03. The van der Waals surface area contributed by atoms with E-state index in [1.807, 2.05) is 0 Å². The van der Waals surface area contributed by atoms with Gasteiger partial charge < -0.3 is 5.73 Å². The van der Waals surface area contributed by atoms with Crippen LogP contribution in [-0.4, -0.2) is 6.54 Å². The van der Waals surface area contributed by atoms with Gasteiger partial charge >= 0.3 is 0 Å². The van der Waals surface area contributed by atoms with Crippen LogP contribution >= 0.6 is 0 Å². The summed E-state index contributed by atoms with van der Waals surface area (Å²) >= 11 is 0. The summed E-state index contributed by atoms with van der Waals surface area (Å²) in [6.45, 7) is 0.865. The maximum absolute atomic E-state index is 5.43. The van der Waals surface area contributed by atoms with Crippen molar-refractivity contribution < 1.29 is 0 Å². The predicted molar refractivity (Wildman–Crippen MR) is 44.5 cm³/mol. The molecule has 0 aromatic heterocycles. The van der Waals surface area contributed by atoms with Crippen LogP contribution < -0.4 is 5.73 Å². The summed E-state index contributed by atoms with van der Waals surface area (Å²) in [5.74, 6) is 0.900. The van der Waals surface area contributed by atoms with E-state index >= 15 is 0 Å². The maximum Gasteiger partial charge on any atom is -0.00772 e. The van der Waals surface area contributed by atoms with Gasteiger partial charge in [-0.2, -0.15) is 0 Å². The number of rotatable bonds is 3. The second-order valence-corrected chi connectivity index (χ2v) is 3.21. The van der Waals surface area contributed by atoms with Gasteiger partial charge in [-0.1, -0.05) is 19.3 Å². The fourth-order valence-corrected chi connectivity index (χ4v) is 1.66. The molecule has 1 aliphatic rings. The summed E-state index contributed by atoms with van der Waals surface area (Å²) < 4.78 is 0. The molecule has 0 saturated heterocycles. The van der Waals surface area contributed by atoms with Gasteiger partial charge in [0.15, 0.2) is 0 Å². The molecular formula is C9H18N. The maximum atomic E-state index is 5.43. The van der Waals surface area contributed by atoms with Gasteiger partial charge in [0.25, 0.3) is 0 Å². The predicted octanol–water partition coefficient (Wildman–Crippen LogP) is 2.12. The lowest BCUT2D eigenvalue weighted by atomic mass is 9.86. The first-order valence-electron chi connectivity index (χ1n) is 4.47. The molecule has 10 heavy (non-hydrogen) atoms. The number of hydrogen-bond acceptors (Lipinski definition) is 1. The molecule has 0 spiro atoms. The molecule has 1 fully saturated rings. The molecule has 0 aromatic carbocycles. The normalized spacial score (nSPS) is 21.3. The zero-order chi connectivity index (χ0) is 7.23. The highest BCUT2D eigenvalue weighted by atomic mass is 14.5. The molecule has 0 amide bonds. The highest BCUT2D eigenvalue weighted by Crippen LogP contribution is 2.25. The molecule has 1 heteroatoms. The van der Waals surface area contributed by atoms with Gasteiger partial charge in [0.05, 0.1) is 0 Å². The van der Waals surface area contributed by atoms with E-state index in [2.05, 4.69) is 6.42 Å². The van der Waals surface area contributed by atoms with E-state index < -0.39 is 0 Å². The molecule has 0 aliphatic heterocycles.